The van der Waals surface area contributed by atoms with E-state index >= 15 is 0 Å². The summed E-state index contributed by atoms with van der Waals surface area (Å²) >= 11 is 6.01. The fourth-order valence-electron chi connectivity index (χ4n) is 2.41. The molecule has 2 unspecified atom stereocenters. The molecule has 2 atom stereocenters. The summed E-state index contributed by atoms with van der Waals surface area (Å²) in [6, 6.07) is 5.70. The van der Waals surface area contributed by atoms with E-state index in [1.165, 1.54) is 7.11 Å². The van der Waals surface area contributed by atoms with E-state index in [1.807, 2.05) is 6.07 Å². The number of nitrogens with one attached hydrogen (secondary N) is 1. The van der Waals surface area contributed by atoms with Crippen LogP contribution in [-0.2, 0) is 9.47 Å². The number of halogens is 1. The molecule has 5 heteroatoms. The number of carbonyl (C=O) groups is 1. The predicted molar refractivity (Wildman–Crippen MR) is 79.5 cm³/mol. The van der Waals surface area contributed by atoms with Crippen molar-refractivity contribution in [3.8, 4) is 0 Å². The summed E-state index contributed by atoms with van der Waals surface area (Å²) in [5, 5.41) is 3.85. The zero-order valence-corrected chi connectivity index (χ0v) is 12.6. The first-order valence-corrected chi connectivity index (χ1v) is 7.27. The molecule has 0 amide bonds. The third kappa shape index (κ3) is 3.64. The maximum atomic E-state index is 11.6. The highest BCUT2D eigenvalue weighted by Crippen LogP contribution is 2.24. The van der Waals surface area contributed by atoms with Crippen molar-refractivity contribution in [1.82, 2.24) is 0 Å². The van der Waals surface area contributed by atoms with Crippen molar-refractivity contribution in [2.45, 2.75) is 38.3 Å². The Morgan fingerprint density at radius 3 is 3.05 bits per heavy atom. The lowest BCUT2D eigenvalue weighted by atomic mass is 10.0. The predicted octanol–water partition coefficient (Wildman–Crippen LogP) is 3.50. The van der Waals surface area contributed by atoms with Crippen LogP contribution in [0.2, 0.25) is 5.02 Å². The normalized spacial score (nSPS) is 22.4. The Bertz CT molecular complexity index is 478. The van der Waals surface area contributed by atoms with E-state index in [0.29, 0.717) is 22.7 Å². The van der Waals surface area contributed by atoms with Gasteiger partial charge in [0.25, 0.3) is 0 Å². The van der Waals surface area contributed by atoms with Gasteiger partial charge in [-0.15, -0.1) is 0 Å². The Labute approximate surface area is 124 Å². The smallest absolute Gasteiger partial charge is 0.339 e. The summed E-state index contributed by atoms with van der Waals surface area (Å²) in [6.07, 6.45) is 3.28. The monoisotopic (exact) mass is 297 g/mol. The Morgan fingerprint density at radius 1 is 1.55 bits per heavy atom. The maximum absolute atomic E-state index is 11.6. The van der Waals surface area contributed by atoms with Crippen LogP contribution in [-0.4, -0.2) is 31.8 Å². The SMILES string of the molecule is CCC1CC(Nc2ccc(Cl)c(C(=O)OC)c2)CCO1. The molecule has 20 heavy (non-hydrogen) atoms. The van der Waals surface area contributed by atoms with Gasteiger partial charge < -0.3 is 14.8 Å². The summed E-state index contributed by atoms with van der Waals surface area (Å²) in [5.74, 6) is -0.419. The molecular formula is C15H20ClNO3. The first-order chi connectivity index (χ1) is 9.63. The summed E-state index contributed by atoms with van der Waals surface area (Å²) in [7, 11) is 1.35. The second kappa shape index (κ2) is 6.95. The number of esters is 1. The van der Waals surface area contributed by atoms with Gasteiger partial charge in [0.05, 0.1) is 23.8 Å². The number of anilines is 1. The Kier molecular flexibility index (Phi) is 5.26. The zero-order chi connectivity index (χ0) is 14.5. The number of ether oxygens (including phenoxy) is 2. The third-order valence-electron chi connectivity index (χ3n) is 3.57. The van der Waals surface area contributed by atoms with E-state index in [9.17, 15) is 4.79 Å². The van der Waals surface area contributed by atoms with Gasteiger partial charge in [0.1, 0.15) is 0 Å². The van der Waals surface area contributed by atoms with Crippen molar-refractivity contribution < 1.29 is 14.3 Å². The standard InChI is InChI=1S/C15H20ClNO3/c1-3-12-8-11(6-7-20-12)17-10-4-5-14(16)13(9-10)15(18)19-2/h4-5,9,11-12,17H,3,6-8H2,1-2H3. The van der Waals surface area contributed by atoms with Crippen LogP contribution in [0.15, 0.2) is 18.2 Å². The molecule has 1 aromatic carbocycles. The first kappa shape index (κ1) is 15.1. The molecule has 0 aromatic heterocycles. The van der Waals surface area contributed by atoms with E-state index in [0.717, 1.165) is 31.6 Å². The highest BCUT2D eigenvalue weighted by atomic mass is 35.5. The van der Waals surface area contributed by atoms with Crippen molar-refractivity contribution in [2.24, 2.45) is 0 Å². The summed E-state index contributed by atoms with van der Waals surface area (Å²) < 4.78 is 10.4. The van der Waals surface area contributed by atoms with Crippen LogP contribution in [0.1, 0.15) is 36.5 Å². The summed E-state index contributed by atoms with van der Waals surface area (Å²) in [4.78, 5) is 11.6. The van der Waals surface area contributed by atoms with E-state index in [-0.39, 0.29) is 0 Å². The molecule has 1 N–H and O–H groups in total. The molecule has 110 valence electrons. The van der Waals surface area contributed by atoms with Crippen LogP contribution in [0.3, 0.4) is 0 Å². The van der Waals surface area contributed by atoms with E-state index in [2.05, 4.69) is 12.2 Å². The van der Waals surface area contributed by atoms with Crippen LogP contribution in [0, 0.1) is 0 Å². The van der Waals surface area contributed by atoms with Crippen molar-refractivity contribution >= 4 is 23.3 Å². The van der Waals surface area contributed by atoms with Gasteiger partial charge in [-0.05, 0) is 37.5 Å². The maximum Gasteiger partial charge on any atom is 0.339 e. The van der Waals surface area contributed by atoms with E-state index in [1.54, 1.807) is 12.1 Å². The molecule has 1 saturated heterocycles. The van der Waals surface area contributed by atoms with Crippen LogP contribution >= 0.6 is 11.6 Å². The molecule has 1 heterocycles. The molecule has 0 saturated carbocycles. The van der Waals surface area contributed by atoms with Crippen LogP contribution in [0.5, 0.6) is 0 Å². The lowest BCUT2D eigenvalue weighted by molar-refractivity contribution is 0.00925. The molecule has 2 rings (SSSR count). The number of carbonyl (C=O) groups excluding carboxylic acids is 1. The molecule has 0 aliphatic carbocycles. The fraction of sp³-hybridized carbons (Fsp3) is 0.533. The fourth-order valence-corrected chi connectivity index (χ4v) is 2.61. The highest BCUT2D eigenvalue weighted by molar-refractivity contribution is 6.33. The van der Waals surface area contributed by atoms with Gasteiger partial charge >= 0.3 is 5.97 Å². The lowest BCUT2D eigenvalue weighted by Crippen LogP contribution is -2.33. The summed E-state index contributed by atoms with van der Waals surface area (Å²) in [5.41, 5.74) is 1.27. The van der Waals surface area contributed by atoms with Gasteiger partial charge in [0.2, 0.25) is 0 Å². The summed E-state index contributed by atoms with van der Waals surface area (Å²) in [6.45, 7) is 2.90. The van der Waals surface area contributed by atoms with E-state index < -0.39 is 5.97 Å². The quantitative estimate of drug-likeness (QED) is 0.864. The van der Waals surface area contributed by atoms with Crippen LogP contribution in [0.4, 0.5) is 5.69 Å². The zero-order valence-electron chi connectivity index (χ0n) is 11.8. The van der Waals surface area contributed by atoms with Gasteiger partial charge in [-0.1, -0.05) is 18.5 Å². The second-order valence-electron chi connectivity index (χ2n) is 4.95. The number of hydrogen-bond acceptors (Lipinski definition) is 4. The average Bonchev–Trinajstić information content (AvgIpc) is 2.48. The van der Waals surface area contributed by atoms with Crippen LogP contribution in [0.25, 0.3) is 0 Å². The number of hydrogen-bond donors (Lipinski definition) is 1. The van der Waals surface area contributed by atoms with Crippen LogP contribution < -0.4 is 5.32 Å². The molecule has 4 nitrogen and oxygen atoms in total. The Hall–Kier alpha value is -1.26. The molecule has 1 fully saturated rings. The topological polar surface area (TPSA) is 47.6 Å². The molecule has 1 aliphatic rings. The molecule has 0 radical (unpaired) electrons. The van der Waals surface area contributed by atoms with Crippen molar-refractivity contribution in [3.05, 3.63) is 28.8 Å². The second-order valence-corrected chi connectivity index (χ2v) is 5.36. The lowest BCUT2D eigenvalue weighted by Gasteiger charge is -2.30. The molecule has 1 aliphatic heterocycles. The molecular weight excluding hydrogens is 278 g/mol. The van der Waals surface area contributed by atoms with Crippen molar-refractivity contribution in [2.75, 3.05) is 19.0 Å². The van der Waals surface area contributed by atoms with Crippen molar-refractivity contribution in [1.29, 1.82) is 0 Å². The highest BCUT2D eigenvalue weighted by Gasteiger charge is 2.21. The van der Waals surface area contributed by atoms with Crippen molar-refractivity contribution in [3.63, 3.8) is 0 Å². The minimum absolute atomic E-state index is 0.314. The van der Waals surface area contributed by atoms with Gasteiger partial charge in [0.15, 0.2) is 0 Å². The van der Waals surface area contributed by atoms with Gasteiger partial charge in [-0.2, -0.15) is 0 Å². The van der Waals surface area contributed by atoms with Gasteiger partial charge in [0, 0.05) is 18.3 Å². The first-order valence-electron chi connectivity index (χ1n) is 6.90. The number of rotatable bonds is 4. The van der Waals surface area contributed by atoms with Gasteiger partial charge in [-0.3, -0.25) is 0 Å². The average molecular weight is 298 g/mol. The molecule has 0 spiro atoms. The Balaban J connectivity index is 2.07. The minimum Gasteiger partial charge on any atom is -0.465 e. The number of benzene rings is 1. The molecule has 1 aromatic rings. The largest absolute Gasteiger partial charge is 0.465 e. The van der Waals surface area contributed by atoms with Gasteiger partial charge in [-0.25, -0.2) is 4.79 Å². The van der Waals surface area contributed by atoms with E-state index in [4.69, 9.17) is 21.1 Å². The minimum atomic E-state index is -0.419. The molecule has 0 bridgehead atoms. The third-order valence-corrected chi connectivity index (χ3v) is 3.89. The Morgan fingerprint density at radius 2 is 2.35 bits per heavy atom. The number of methoxy groups -OCH3 is 1.